The molecule has 0 saturated carbocycles. The summed E-state index contributed by atoms with van der Waals surface area (Å²) in [4.78, 5) is 12.0. The SMILES string of the molecule is CCCCSc1nnc(NC(=O)c2ccc(Cl)cc2)s1. The Morgan fingerprint density at radius 1 is 1.35 bits per heavy atom. The topological polar surface area (TPSA) is 54.9 Å². The maximum Gasteiger partial charge on any atom is 0.257 e. The smallest absolute Gasteiger partial charge is 0.257 e. The van der Waals surface area contributed by atoms with E-state index in [0.717, 1.165) is 22.9 Å². The van der Waals surface area contributed by atoms with Crippen molar-refractivity contribution < 1.29 is 4.79 Å². The molecule has 0 unspecified atom stereocenters. The molecule has 0 aliphatic carbocycles. The van der Waals surface area contributed by atoms with Crippen LogP contribution in [-0.2, 0) is 0 Å². The lowest BCUT2D eigenvalue weighted by Crippen LogP contribution is -2.11. The summed E-state index contributed by atoms with van der Waals surface area (Å²) in [5, 5.41) is 11.9. The molecule has 106 valence electrons. The number of nitrogens with zero attached hydrogens (tertiary/aromatic N) is 2. The van der Waals surface area contributed by atoms with Gasteiger partial charge in [0.1, 0.15) is 0 Å². The lowest BCUT2D eigenvalue weighted by atomic mass is 10.2. The number of hydrogen-bond donors (Lipinski definition) is 1. The van der Waals surface area contributed by atoms with E-state index in [9.17, 15) is 4.79 Å². The zero-order valence-electron chi connectivity index (χ0n) is 10.9. The van der Waals surface area contributed by atoms with E-state index in [1.54, 1.807) is 36.0 Å². The van der Waals surface area contributed by atoms with Gasteiger partial charge in [0, 0.05) is 16.3 Å². The largest absolute Gasteiger partial charge is 0.296 e. The Balaban J connectivity index is 1.92. The molecule has 2 rings (SSSR count). The zero-order valence-corrected chi connectivity index (χ0v) is 13.3. The van der Waals surface area contributed by atoms with Gasteiger partial charge < -0.3 is 0 Å². The number of halogens is 1. The minimum absolute atomic E-state index is 0.206. The molecule has 1 aromatic heterocycles. The van der Waals surface area contributed by atoms with Crippen molar-refractivity contribution in [2.45, 2.75) is 24.1 Å². The molecule has 1 amide bonds. The van der Waals surface area contributed by atoms with Crippen LogP contribution in [0.15, 0.2) is 28.6 Å². The van der Waals surface area contributed by atoms with Gasteiger partial charge in [0.05, 0.1) is 0 Å². The Hall–Kier alpha value is -1.11. The number of thioether (sulfide) groups is 1. The summed E-state index contributed by atoms with van der Waals surface area (Å²) in [7, 11) is 0. The molecule has 4 nitrogen and oxygen atoms in total. The second-order valence-electron chi connectivity index (χ2n) is 4.04. The van der Waals surface area contributed by atoms with E-state index in [1.807, 2.05) is 0 Å². The maximum absolute atomic E-state index is 12.0. The molecule has 1 heterocycles. The van der Waals surface area contributed by atoms with Crippen LogP contribution in [0.2, 0.25) is 5.02 Å². The third-order valence-electron chi connectivity index (χ3n) is 2.46. The predicted octanol–water partition coefficient (Wildman–Crippen LogP) is 4.34. The van der Waals surface area contributed by atoms with Gasteiger partial charge in [0.25, 0.3) is 5.91 Å². The molecule has 0 bridgehead atoms. The Morgan fingerprint density at radius 3 is 2.80 bits per heavy atom. The highest BCUT2D eigenvalue weighted by molar-refractivity contribution is 8.01. The molecule has 0 spiro atoms. The first-order valence-corrected chi connectivity index (χ1v) is 8.40. The summed E-state index contributed by atoms with van der Waals surface area (Å²) in [6.45, 7) is 2.15. The van der Waals surface area contributed by atoms with Gasteiger partial charge in [-0.05, 0) is 30.7 Å². The third-order valence-corrected chi connectivity index (χ3v) is 4.77. The molecule has 0 atom stereocenters. The van der Waals surface area contributed by atoms with Crippen molar-refractivity contribution in [3.63, 3.8) is 0 Å². The average Bonchev–Trinajstić information content (AvgIpc) is 2.87. The number of carbonyl (C=O) groups is 1. The predicted molar refractivity (Wildman–Crippen MR) is 84.9 cm³/mol. The quantitative estimate of drug-likeness (QED) is 0.487. The van der Waals surface area contributed by atoms with Gasteiger partial charge in [0.2, 0.25) is 5.13 Å². The molecule has 1 N–H and O–H groups in total. The number of unbranched alkanes of at least 4 members (excludes halogenated alkanes) is 1. The Bertz CT molecular complexity index is 571. The number of hydrogen-bond acceptors (Lipinski definition) is 5. The van der Waals surface area contributed by atoms with E-state index < -0.39 is 0 Å². The first-order valence-electron chi connectivity index (χ1n) is 6.22. The lowest BCUT2D eigenvalue weighted by molar-refractivity contribution is 0.102. The fraction of sp³-hybridized carbons (Fsp3) is 0.308. The van der Waals surface area contributed by atoms with Crippen LogP contribution in [0.4, 0.5) is 5.13 Å². The monoisotopic (exact) mass is 327 g/mol. The number of anilines is 1. The fourth-order valence-corrected chi connectivity index (χ4v) is 3.42. The zero-order chi connectivity index (χ0) is 14.4. The van der Waals surface area contributed by atoms with Crippen LogP contribution in [-0.4, -0.2) is 21.9 Å². The Labute approximate surface area is 130 Å². The van der Waals surface area contributed by atoms with Gasteiger partial charge in [-0.2, -0.15) is 0 Å². The number of rotatable bonds is 6. The van der Waals surface area contributed by atoms with Crippen LogP contribution in [0, 0.1) is 0 Å². The van der Waals surface area contributed by atoms with Crippen LogP contribution >= 0.6 is 34.7 Å². The molecule has 20 heavy (non-hydrogen) atoms. The third kappa shape index (κ3) is 4.47. The summed E-state index contributed by atoms with van der Waals surface area (Å²) < 4.78 is 0.879. The highest BCUT2D eigenvalue weighted by Crippen LogP contribution is 2.26. The highest BCUT2D eigenvalue weighted by Gasteiger charge is 2.10. The lowest BCUT2D eigenvalue weighted by Gasteiger charge is -2.00. The van der Waals surface area contributed by atoms with Crippen molar-refractivity contribution >= 4 is 45.7 Å². The van der Waals surface area contributed by atoms with Crippen LogP contribution < -0.4 is 5.32 Å². The molecule has 2 aromatic rings. The van der Waals surface area contributed by atoms with Gasteiger partial charge in [-0.3, -0.25) is 10.1 Å². The van der Waals surface area contributed by atoms with Crippen molar-refractivity contribution in [3.05, 3.63) is 34.9 Å². The van der Waals surface area contributed by atoms with Crippen molar-refractivity contribution in [3.8, 4) is 0 Å². The van der Waals surface area contributed by atoms with E-state index in [-0.39, 0.29) is 5.91 Å². The van der Waals surface area contributed by atoms with Crippen molar-refractivity contribution in [1.29, 1.82) is 0 Å². The molecule has 0 aliphatic rings. The van der Waals surface area contributed by atoms with Crippen LogP contribution in [0.1, 0.15) is 30.1 Å². The molecule has 1 aromatic carbocycles. The second-order valence-corrected chi connectivity index (χ2v) is 6.79. The Kier molecular flexibility index (Phi) is 5.82. The second kappa shape index (κ2) is 7.61. The summed E-state index contributed by atoms with van der Waals surface area (Å²) in [5.41, 5.74) is 0.546. The number of nitrogens with one attached hydrogen (secondary N) is 1. The standard InChI is InChI=1S/C13H14ClN3OS2/c1-2-3-8-19-13-17-16-12(20-13)15-11(18)9-4-6-10(14)7-5-9/h4-7H,2-3,8H2,1H3,(H,15,16,18). The number of carbonyl (C=O) groups excluding carboxylic acids is 1. The minimum Gasteiger partial charge on any atom is -0.296 e. The van der Waals surface area contributed by atoms with E-state index in [4.69, 9.17) is 11.6 Å². The van der Waals surface area contributed by atoms with Crippen molar-refractivity contribution in [2.24, 2.45) is 0 Å². The van der Waals surface area contributed by atoms with Crippen LogP contribution in [0.3, 0.4) is 0 Å². The van der Waals surface area contributed by atoms with E-state index in [1.165, 1.54) is 11.3 Å². The average molecular weight is 328 g/mol. The normalized spacial score (nSPS) is 10.5. The molecule has 0 radical (unpaired) electrons. The van der Waals surface area contributed by atoms with E-state index in [2.05, 4.69) is 22.4 Å². The molecule has 0 aliphatic heterocycles. The van der Waals surface area contributed by atoms with Crippen LogP contribution in [0.5, 0.6) is 0 Å². The Morgan fingerprint density at radius 2 is 2.10 bits per heavy atom. The van der Waals surface area contributed by atoms with Gasteiger partial charge >= 0.3 is 0 Å². The minimum atomic E-state index is -0.206. The molecule has 0 fully saturated rings. The highest BCUT2D eigenvalue weighted by atomic mass is 35.5. The summed E-state index contributed by atoms with van der Waals surface area (Å²) in [5.74, 6) is 0.818. The molecule has 7 heteroatoms. The summed E-state index contributed by atoms with van der Waals surface area (Å²) in [6.07, 6.45) is 2.31. The molecular formula is C13H14ClN3OS2. The van der Waals surface area contributed by atoms with Gasteiger partial charge in [-0.15, -0.1) is 10.2 Å². The first-order chi connectivity index (χ1) is 9.69. The maximum atomic E-state index is 12.0. The summed E-state index contributed by atoms with van der Waals surface area (Å²) >= 11 is 8.84. The van der Waals surface area contributed by atoms with Crippen LogP contribution in [0.25, 0.3) is 0 Å². The molecular weight excluding hydrogens is 314 g/mol. The van der Waals surface area contributed by atoms with E-state index >= 15 is 0 Å². The van der Waals surface area contributed by atoms with Crippen molar-refractivity contribution in [2.75, 3.05) is 11.1 Å². The fourth-order valence-electron chi connectivity index (χ4n) is 1.39. The van der Waals surface area contributed by atoms with E-state index in [0.29, 0.717) is 15.7 Å². The van der Waals surface area contributed by atoms with Gasteiger partial charge in [-0.1, -0.05) is 48.0 Å². The van der Waals surface area contributed by atoms with Gasteiger partial charge in [0.15, 0.2) is 4.34 Å². The number of amides is 1. The van der Waals surface area contributed by atoms with Gasteiger partial charge in [-0.25, -0.2) is 0 Å². The van der Waals surface area contributed by atoms with Crippen molar-refractivity contribution in [1.82, 2.24) is 10.2 Å². The summed E-state index contributed by atoms with van der Waals surface area (Å²) in [6, 6.07) is 6.72. The first kappa shape index (κ1) is 15.3. The molecule has 0 saturated heterocycles. The number of aromatic nitrogens is 2. The number of benzene rings is 1.